The molecule has 2 aromatic rings. The summed E-state index contributed by atoms with van der Waals surface area (Å²) in [5, 5.41) is 10.8. The van der Waals surface area contributed by atoms with Crippen LogP contribution in [0.1, 0.15) is 6.42 Å². The number of aryl methyl sites for hydroxylation is 1. The molecule has 0 unspecified atom stereocenters. The number of nitrogen functional groups attached to an aromatic ring is 1. The SMILES string of the molecule is NNc1ncnc(NCCCn2ccnn2)c1Br. The van der Waals surface area contributed by atoms with E-state index in [4.69, 9.17) is 5.84 Å². The Balaban J connectivity index is 1.83. The van der Waals surface area contributed by atoms with E-state index >= 15 is 0 Å². The van der Waals surface area contributed by atoms with Crippen molar-refractivity contribution in [1.29, 1.82) is 0 Å². The van der Waals surface area contributed by atoms with Crippen molar-refractivity contribution in [3.8, 4) is 0 Å². The van der Waals surface area contributed by atoms with Crippen molar-refractivity contribution in [3.63, 3.8) is 0 Å². The molecule has 0 amide bonds. The summed E-state index contributed by atoms with van der Waals surface area (Å²) in [4.78, 5) is 8.09. The molecule has 0 aliphatic carbocycles. The van der Waals surface area contributed by atoms with E-state index in [0.29, 0.717) is 16.1 Å². The van der Waals surface area contributed by atoms with Crippen LogP contribution < -0.4 is 16.6 Å². The van der Waals surface area contributed by atoms with Gasteiger partial charge >= 0.3 is 0 Å². The molecule has 0 spiro atoms. The lowest BCUT2D eigenvalue weighted by atomic mass is 10.4. The number of nitrogens with one attached hydrogen (secondary N) is 2. The third kappa shape index (κ3) is 3.14. The minimum Gasteiger partial charge on any atom is -0.369 e. The Morgan fingerprint density at radius 3 is 2.89 bits per heavy atom. The van der Waals surface area contributed by atoms with Crippen molar-refractivity contribution < 1.29 is 0 Å². The average Bonchev–Trinajstić information content (AvgIpc) is 2.89. The first-order valence-corrected chi connectivity index (χ1v) is 6.15. The van der Waals surface area contributed by atoms with Crippen LogP contribution in [-0.2, 0) is 6.54 Å². The van der Waals surface area contributed by atoms with E-state index in [1.165, 1.54) is 6.33 Å². The lowest BCUT2D eigenvalue weighted by molar-refractivity contribution is 0.569. The Bertz CT molecular complexity index is 485. The molecule has 2 heterocycles. The van der Waals surface area contributed by atoms with Crippen LogP contribution in [-0.4, -0.2) is 31.5 Å². The summed E-state index contributed by atoms with van der Waals surface area (Å²) in [6.07, 6.45) is 5.84. The summed E-state index contributed by atoms with van der Waals surface area (Å²) in [5.74, 6) is 6.57. The smallest absolute Gasteiger partial charge is 0.159 e. The van der Waals surface area contributed by atoms with E-state index in [1.807, 2.05) is 6.20 Å². The monoisotopic (exact) mass is 312 g/mol. The summed E-state index contributed by atoms with van der Waals surface area (Å²) in [6.45, 7) is 1.57. The second-order valence-corrected chi connectivity index (χ2v) is 4.27. The predicted octanol–water partition coefficient (Wildman–Crippen LogP) is 0.618. The summed E-state index contributed by atoms with van der Waals surface area (Å²) in [6, 6.07) is 0. The number of hydrogen-bond acceptors (Lipinski definition) is 7. The van der Waals surface area contributed by atoms with Crippen molar-refractivity contribution in [2.75, 3.05) is 17.3 Å². The van der Waals surface area contributed by atoms with Gasteiger partial charge in [0.15, 0.2) is 5.82 Å². The topological polar surface area (TPSA) is 107 Å². The largest absolute Gasteiger partial charge is 0.369 e. The minimum atomic E-state index is 0.545. The normalized spacial score (nSPS) is 10.3. The predicted molar refractivity (Wildman–Crippen MR) is 70.7 cm³/mol. The molecular formula is C9H13BrN8. The zero-order chi connectivity index (χ0) is 12.8. The molecule has 0 radical (unpaired) electrons. The fraction of sp³-hybridized carbons (Fsp3) is 0.333. The highest BCUT2D eigenvalue weighted by molar-refractivity contribution is 9.10. The van der Waals surface area contributed by atoms with Crippen molar-refractivity contribution in [2.24, 2.45) is 5.84 Å². The van der Waals surface area contributed by atoms with Gasteiger partial charge in [0, 0.05) is 19.3 Å². The van der Waals surface area contributed by atoms with Gasteiger partial charge in [0.1, 0.15) is 16.6 Å². The van der Waals surface area contributed by atoms with Crippen molar-refractivity contribution in [1.82, 2.24) is 25.0 Å². The van der Waals surface area contributed by atoms with E-state index in [2.05, 4.69) is 47.0 Å². The third-order valence-corrected chi connectivity index (χ3v) is 3.01. The molecular weight excluding hydrogens is 300 g/mol. The van der Waals surface area contributed by atoms with Gasteiger partial charge in [-0.3, -0.25) is 4.68 Å². The van der Waals surface area contributed by atoms with Gasteiger partial charge < -0.3 is 10.7 Å². The Kier molecular flexibility index (Phi) is 4.42. The first-order chi connectivity index (χ1) is 8.81. The van der Waals surface area contributed by atoms with E-state index in [-0.39, 0.29) is 0 Å². The van der Waals surface area contributed by atoms with E-state index in [0.717, 1.165) is 19.5 Å². The Morgan fingerprint density at radius 1 is 1.33 bits per heavy atom. The van der Waals surface area contributed by atoms with Crippen LogP contribution in [0.3, 0.4) is 0 Å². The first-order valence-electron chi connectivity index (χ1n) is 5.36. The lowest BCUT2D eigenvalue weighted by Gasteiger charge is -2.09. The van der Waals surface area contributed by atoms with Gasteiger partial charge in [-0.1, -0.05) is 5.21 Å². The summed E-state index contributed by atoms with van der Waals surface area (Å²) < 4.78 is 2.50. The summed E-state index contributed by atoms with van der Waals surface area (Å²) in [5.41, 5.74) is 2.49. The number of nitrogens with two attached hydrogens (primary N) is 1. The molecule has 9 heteroatoms. The fourth-order valence-corrected chi connectivity index (χ4v) is 1.85. The van der Waals surface area contributed by atoms with Gasteiger partial charge in [-0.25, -0.2) is 15.8 Å². The Hall–Kier alpha value is -1.74. The molecule has 2 aromatic heterocycles. The maximum Gasteiger partial charge on any atom is 0.159 e. The van der Waals surface area contributed by atoms with Crippen LogP contribution in [0.5, 0.6) is 0 Å². The van der Waals surface area contributed by atoms with Gasteiger partial charge in [-0.15, -0.1) is 5.10 Å². The number of hydrazine groups is 1. The van der Waals surface area contributed by atoms with Crippen molar-refractivity contribution in [2.45, 2.75) is 13.0 Å². The molecule has 0 saturated carbocycles. The quantitative estimate of drug-likeness (QED) is 0.408. The molecule has 0 aromatic carbocycles. The maximum atomic E-state index is 5.32. The van der Waals surface area contributed by atoms with Crippen LogP contribution >= 0.6 is 15.9 Å². The highest BCUT2D eigenvalue weighted by Gasteiger charge is 2.06. The lowest BCUT2D eigenvalue weighted by Crippen LogP contribution is -2.12. The van der Waals surface area contributed by atoms with Gasteiger partial charge in [0.2, 0.25) is 0 Å². The molecule has 0 fully saturated rings. The average molecular weight is 313 g/mol. The molecule has 0 saturated heterocycles. The number of nitrogens with zero attached hydrogens (tertiary/aromatic N) is 5. The Labute approximate surface area is 112 Å². The minimum absolute atomic E-state index is 0.545. The summed E-state index contributed by atoms with van der Waals surface area (Å²) in [7, 11) is 0. The van der Waals surface area contributed by atoms with E-state index in [9.17, 15) is 0 Å². The standard InChI is InChI=1S/C9H13BrN8/c10-7-8(13-6-14-9(7)16-11)12-2-1-4-18-5-3-15-17-18/h3,5-6H,1-2,4,11H2,(H2,12,13,14,16). The van der Waals surface area contributed by atoms with Gasteiger partial charge in [0.25, 0.3) is 0 Å². The molecule has 0 bridgehead atoms. The maximum absolute atomic E-state index is 5.32. The van der Waals surface area contributed by atoms with Gasteiger partial charge in [-0.2, -0.15) is 0 Å². The zero-order valence-corrected chi connectivity index (χ0v) is 11.1. The zero-order valence-electron chi connectivity index (χ0n) is 9.54. The molecule has 2 rings (SSSR count). The second-order valence-electron chi connectivity index (χ2n) is 3.48. The fourth-order valence-electron chi connectivity index (χ4n) is 1.39. The number of halogens is 1. The number of rotatable bonds is 6. The van der Waals surface area contributed by atoms with E-state index in [1.54, 1.807) is 10.9 Å². The van der Waals surface area contributed by atoms with Crippen LogP contribution in [0.15, 0.2) is 23.2 Å². The van der Waals surface area contributed by atoms with Crippen molar-refractivity contribution in [3.05, 3.63) is 23.2 Å². The number of aromatic nitrogens is 5. The molecule has 8 nitrogen and oxygen atoms in total. The van der Waals surface area contributed by atoms with E-state index < -0.39 is 0 Å². The first kappa shape index (κ1) is 12.7. The number of anilines is 2. The molecule has 0 aliphatic heterocycles. The second kappa shape index (κ2) is 6.26. The van der Waals surface area contributed by atoms with Crippen LogP contribution in [0.2, 0.25) is 0 Å². The Morgan fingerprint density at radius 2 is 2.17 bits per heavy atom. The molecule has 4 N–H and O–H groups in total. The van der Waals surface area contributed by atoms with Gasteiger partial charge in [-0.05, 0) is 22.4 Å². The summed E-state index contributed by atoms with van der Waals surface area (Å²) >= 11 is 3.37. The molecule has 96 valence electrons. The van der Waals surface area contributed by atoms with Crippen LogP contribution in [0.4, 0.5) is 11.6 Å². The van der Waals surface area contributed by atoms with Gasteiger partial charge in [0.05, 0.1) is 6.20 Å². The van der Waals surface area contributed by atoms with Crippen molar-refractivity contribution >= 4 is 27.6 Å². The number of hydrogen-bond donors (Lipinski definition) is 3. The molecule has 18 heavy (non-hydrogen) atoms. The highest BCUT2D eigenvalue weighted by Crippen LogP contribution is 2.25. The molecule has 0 atom stereocenters. The third-order valence-electron chi connectivity index (χ3n) is 2.25. The highest BCUT2D eigenvalue weighted by atomic mass is 79.9. The van der Waals surface area contributed by atoms with Crippen LogP contribution in [0, 0.1) is 0 Å². The van der Waals surface area contributed by atoms with Crippen LogP contribution in [0.25, 0.3) is 0 Å². The molecule has 0 aliphatic rings.